The number of carbonyl (C=O) groups excluding carboxylic acids is 1. The zero-order chi connectivity index (χ0) is 12.2. The van der Waals surface area contributed by atoms with E-state index in [-0.39, 0.29) is 18.0 Å². The normalized spacial score (nSPS) is 11.5. The second kappa shape index (κ2) is 5.26. The van der Waals surface area contributed by atoms with Gasteiger partial charge in [-0.15, -0.1) is 0 Å². The van der Waals surface area contributed by atoms with E-state index in [1.807, 2.05) is 45.0 Å². The van der Waals surface area contributed by atoms with Crippen molar-refractivity contribution in [2.45, 2.75) is 39.7 Å². The lowest BCUT2D eigenvalue weighted by Crippen LogP contribution is -2.26. The fourth-order valence-electron chi connectivity index (χ4n) is 1.19. The quantitative estimate of drug-likeness (QED) is 0.711. The van der Waals surface area contributed by atoms with Gasteiger partial charge in [0.05, 0.1) is 5.60 Å². The van der Waals surface area contributed by atoms with E-state index in [1.165, 1.54) is 0 Å². The van der Waals surface area contributed by atoms with Crippen LogP contribution in [0.5, 0.6) is 0 Å². The van der Waals surface area contributed by atoms with Gasteiger partial charge >= 0.3 is 0 Å². The van der Waals surface area contributed by atoms with Crippen LogP contribution in [0.3, 0.4) is 0 Å². The van der Waals surface area contributed by atoms with Crippen molar-refractivity contribution in [2.75, 3.05) is 6.61 Å². The number of carbonyl (C=O) groups is 1. The van der Waals surface area contributed by atoms with Crippen molar-refractivity contribution in [1.29, 1.82) is 0 Å². The first-order valence-electron chi connectivity index (χ1n) is 5.68. The number of aryl methyl sites for hydroxylation is 1. The number of rotatable bonds is 5. The Balaban J connectivity index is 2.56. The summed E-state index contributed by atoms with van der Waals surface area (Å²) in [4.78, 5) is 11.8. The van der Waals surface area contributed by atoms with E-state index < -0.39 is 0 Å². The van der Waals surface area contributed by atoms with Gasteiger partial charge in [0.1, 0.15) is 6.61 Å². The SMILES string of the molecule is CCC(C)(C)OCC(=O)c1ccc(C)cc1. The van der Waals surface area contributed by atoms with Crippen LogP contribution in [0.15, 0.2) is 24.3 Å². The Hall–Kier alpha value is -1.15. The smallest absolute Gasteiger partial charge is 0.188 e. The lowest BCUT2D eigenvalue weighted by atomic mass is 10.1. The molecule has 0 fully saturated rings. The van der Waals surface area contributed by atoms with Gasteiger partial charge in [0, 0.05) is 5.56 Å². The Morgan fingerprint density at radius 1 is 1.25 bits per heavy atom. The maximum atomic E-state index is 11.8. The molecule has 0 amide bonds. The predicted octanol–water partition coefficient (Wildman–Crippen LogP) is 3.38. The average molecular weight is 220 g/mol. The molecule has 0 bridgehead atoms. The minimum atomic E-state index is -0.222. The molecule has 0 aromatic heterocycles. The maximum Gasteiger partial charge on any atom is 0.188 e. The number of hydrogen-bond donors (Lipinski definition) is 0. The molecule has 2 nitrogen and oxygen atoms in total. The van der Waals surface area contributed by atoms with Crippen molar-refractivity contribution in [3.63, 3.8) is 0 Å². The zero-order valence-corrected chi connectivity index (χ0v) is 10.5. The molecule has 0 saturated heterocycles. The molecule has 0 atom stereocenters. The van der Waals surface area contributed by atoms with Gasteiger partial charge in [-0.25, -0.2) is 0 Å². The van der Waals surface area contributed by atoms with Crippen LogP contribution < -0.4 is 0 Å². The molecule has 0 unspecified atom stereocenters. The molecule has 1 aromatic rings. The first-order chi connectivity index (χ1) is 7.44. The summed E-state index contributed by atoms with van der Waals surface area (Å²) in [5.41, 5.74) is 1.66. The van der Waals surface area contributed by atoms with Crippen molar-refractivity contribution >= 4 is 5.78 Å². The van der Waals surface area contributed by atoms with E-state index >= 15 is 0 Å². The van der Waals surface area contributed by atoms with Gasteiger partial charge in [0.15, 0.2) is 5.78 Å². The van der Waals surface area contributed by atoms with Gasteiger partial charge in [-0.05, 0) is 27.2 Å². The topological polar surface area (TPSA) is 26.3 Å². The van der Waals surface area contributed by atoms with Crippen molar-refractivity contribution < 1.29 is 9.53 Å². The molecule has 88 valence electrons. The van der Waals surface area contributed by atoms with Gasteiger partial charge in [0.25, 0.3) is 0 Å². The van der Waals surface area contributed by atoms with Crippen LogP contribution in [0, 0.1) is 6.92 Å². The second-order valence-corrected chi connectivity index (χ2v) is 4.69. The van der Waals surface area contributed by atoms with Gasteiger partial charge in [0.2, 0.25) is 0 Å². The molecule has 0 heterocycles. The number of hydrogen-bond acceptors (Lipinski definition) is 2. The molecule has 0 aliphatic heterocycles. The van der Waals surface area contributed by atoms with E-state index in [4.69, 9.17) is 4.74 Å². The third kappa shape index (κ3) is 3.78. The minimum Gasteiger partial charge on any atom is -0.367 e. The van der Waals surface area contributed by atoms with Gasteiger partial charge in [-0.1, -0.05) is 36.8 Å². The Labute approximate surface area is 97.6 Å². The molecular weight excluding hydrogens is 200 g/mol. The first kappa shape index (κ1) is 12.9. The largest absolute Gasteiger partial charge is 0.367 e. The summed E-state index contributed by atoms with van der Waals surface area (Å²) in [6, 6.07) is 7.58. The van der Waals surface area contributed by atoms with E-state index in [0.29, 0.717) is 0 Å². The molecule has 0 spiro atoms. The number of benzene rings is 1. The number of ketones is 1. The summed E-state index contributed by atoms with van der Waals surface area (Å²) in [6.07, 6.45) is 0.897. The molecule has 0 aliphatic carbocycles. The van der Waals surface area contributed by atoms with Crippen LogP contribution in [0.4, 0.5) is 0 Å². The molecule has 1 aromatic carbocycles. The van der Waals surface area contributed by atoms with Gasteiger partial charge < -0.3 is 4.74 Å². The Kier molecular flexibility index (Phi) is 4.25. The molecular formula is C14H20O2. The lowest BCUT2D eigenvalue weighted by Gasteiger charge is -2.22. The standard InChI is InChI=1S/C14H20O2/c1-5-14(3,4)16-10-13(15)12-8-6-11(2)7-9-12/h6-9H,5,10H2,1-4H3. The van der Waals surface area contributed by atoms with Crippen molar-refractivity contribution in [3.05, 3.63) is 35.4 Å². The number of Topliss-reactive ketones (excluding diaryl/α,β-unsaturated/α-hetero) is 1. The van der Waals surface area contributed by atoms with E-state index in [1.54, 1.807) is 0 Å². The molecule has 0 saturated carbocycles. The zero-order valence-electron chi connectivity index (χ0n) is 10.5. The fourth-order valence-corrected chi connectivity index (χ4v) is 1.19. The van der Waals surface area contributed by atoms with Gasteiger partial charge in [-0.2, -0.15) is 0 Å². The van der Waals surface area contributed by atoms with Crippen LogP contribution >= 0.6 is 0 Å². The van der Waals surface area contributed by atoms with Crippen LogP contribution in [0.1, 0.15) is 43.1 Å². The van der Waals surface area contributed by atoms with E-state index in [9.17, 15) is 4.79 Å². The summed E-state index contributed by atoms with van der Waals surface area (Å²) in [5.74, 6) is 0.0431. The van der Waals surface area contributed by atoms with Crippen molar-refractivity contribution in [2.24, 2.45) is 0 Å². The second-order valence-electron chi connectivity index (χ2n) is 4.69. The third-order valence-electron chi connectivity index (χ3n) is 2.82. The first-order valence-corrected chi connectivity index (χ1v) is 5.68. The summed E-state index contributed by atoms with van der Waals surface area (Å²) in [6.45, 7) is 8.20. The fraction of sp³-hybridized carbons (Fsp3) is 0.500. The Morgan fingerprint density at radius 2 is 1.81 bits per heavy atom. The summed E-state index contributed by atoms with van der Waals surface area (Å²) in [5, 5.41) is 0. The maximum absolute atomic E-state index is 11.8. The van der Waals surface area contributed by atoms with Crippen molar-refractivity contribution in [1.82, 2.24) is 0 Å². The van der Waals surface area contributed by atoms with Crippen LogP contribution in [0.25, 0.3) is 0 Å². The van der Waals surface area contributed by atoms with Crippen LogP contribution in [-0.4, -0.2) is 18.0 Å². The van der Waals surface area contributed by atoms with E-state index in [2.05, 4.69) is 6.92 Å². The monoisotopic (exact) mass is 220 g/mol. The highest BCUT2D eigenvalue weighted by atomic mass is 16.5. The lowest BCUT2D eigenvalue weighted by molar-refractivity contribution is -0.0122. The summed E-state index contributed by atoms with van der Waals surface area (Å²) in [7, 11) is 0. The number of ether oxygens (including phenoxy) is 1. The molecule has 0 N–H and O–H groups in total. The molecule has 0 aliphatic rings. The average Bonchev–Trinajstić information content (AvgIpc) is 2.27. The van der Waals surface area contributed by atoms with E-state index in [0.717, 1.165) is 17.5 Å². The minimum absolute atomic E-state index is 0.0431. The molecule has 16 heavy (non-hydrogen) atoms. The van der Waals surface area contributed by atoms with Gasteiger partial charge in [-0.3, -0.25) is 4.79 Å². The highest BCUT2D eigenvalue weighted by molar-refractivity contribution is 5.97. The molecule has 0 radical (unpaired) electrons. The van der Waals surface area contributed by atoms with Crippen molar-refractivity contribution in [3.8, 4) is 0 Å². The Bertz CT molecular complexity index is 350. The highest BCUT2D eigenvalue weighted by Gasteiger charge is 2.17. The summed E-state index contributed by atoms with van der Waals surface area (Å²) >= 11 is 0. The highest BCUT2D eigenvalue weighted by Crippen LogP contribution is 2.14. The predicted molar refractivity (Wildman–Crippen MR) is 65.8 cm³/mol. The molecule has 2 heteroatoms. The molecule has 1 rings (SSSR count). The van der Waals surface area contributed by atoms with Crippen LogP contribution in [0.2, 0.25) is 0 Å². The third-order valence-corrected chi connectivity index (χ3v) is 2.82. The summed E-state index contributed by atoms with van der Waals surface area (Å²) < 4.78 is 5.58. The Morgan fingerprint density at radius 3 is 2.31 bits per heavy atom. The van der Waals surface area contributed by atoms with Crippen LogP contribution in [-0.2, 0) is 4.74 Å².